The number of amides is 1. The highest BCUT2D eigenvalue weighted by atomic mass is 35.5. The number of carbonyl (C=O) groups is 1. The average Bonchev–Trinajstić information content (AvgIpc) is 3.30. The van der Waals surface area contributed by atoms with Crippen molar-refractivity contribution in [1.82, 2.24) is 20.2 Å². The molecule has 194 valence electrons. The monoisotopic (exact) mass is 511 g/mol. The van der Waals surface area contributed by atoms with Gasteiger partial charge in [0.15, 0.2) is 0 Å². The molecule has 1 amide bonds. The summed E-state index contributed by atoms with van der Waals surface area (Å²) in [5.74, 6) is 2.44. The fourth-order valence-electron chi connectivity index (χ4n) is 5.83. The minimum Gasteiger partial charge on any atom is -0.381 e. The van der Waals surface area contributed by atoms with Gasteiger partial charge in [0.05, 0.1) is 6.04 Å². The van der Waals surface area contributed by atoms with Crippen molar-refractivity contribution in [2.75, 3.05) is 50.8 Å². The maximum absolute atomic E-state index is 13.7. The van der Waals surface area contributed by atoms with Gasteiger partial charge in [-0.05, 0) is 74.6 Å². The molecule has 1 aromatic carbocycles. The summed E-state index contributed by atoms with van der Waals surface area (Å²) in [5, 5.41) is 4.33. The van der Waals surface area contributed by atoms with Crippen LogP contribution in [0.15, 0.2) is 30.6 Å². The minimum absolute atomic E-state index is 0.192. The van der Waals surface area contributed by atoms with Crippen LogP contribution in [0.2, 0.25) is 5.02 Å². The van der Waals surface area contributed by atoms with Crippen LogP contribution in [0.3, 0.4) is 0 Å². The van der Waals surface area contributed by atoms with E-state index in [-0.39, 0.29) is 11.9 Å². The molecule has 3 aliphatic rings. The lowest BCUT2D eigenvalue weighted by molar-refractivity contribution is -0.133. The molecule has 1 aliphatic carbocycles. The van der Waals surface area contributed by atoms with Crippen molar-refractivity contribution in [2.24, 2.45) is 5.92 Å². The molecule has 0 saturated carbocycles. The molecule has 8 heteroatoms. The molecule has 0 bridgehead atoms. The third-order valence-electron chi connectivity index (χ3n) is 8.08. The zero-order valence-electron chi connectivity index (χ0n) is 21.3. The normalized spacial score (nSPS) is 21.4. The van der Waals surface area contributed by atoms with E-state index in [1.807, 2.05) is 29.2 Å². The third kappa shape index (κ3) is 6.01. The van der Waals surface area contributed by atoms with Crippen molar-refractivity contribution in [3.63, 3.8) is 0 Å². The fourth-order valence-corrected chi connectivity index (χ4v) is 5.96. The number of hydrogen-bond donors (Lipinski definition) is 1. The molecule has 0 spiro atoms. The SMILES string of the molecule is C[C@@H]1CCc2ncnc(N3CCN(C(=O)[C@@H](Cc4ccc(Cl)cc4)NCCC4CCOCC4)CC3)c21. The van der Waals surface area contributed by atoms with Gasteiger partial charge in [-0.1, -0.05) is 30.7 Å². The molecule has 3 heterocycles. The van der Waals surface area contributed by atoms with E-state index >= 15 is 0 Å². The molecule has 2 aliphatic heterocycles. The number of piperazine rings is 1. The number of rotatable bonds is 8. The summed E-state index contributed by atoms with van der Waals surface area (Å²) >= 11 is 6.10. The standard InChI is InChI=1S/C28H38ClN5O2/c1-20-2-7-24-26(20)27(32-19-31-24)33-12-14-34(15-13-33)28(35)25(18-22-3-5-23(29)6-4-22)30-11-8-21-9-16-36-17-10-21/h3-6,19-21,25,30H,2,7-18H2,1H3/t20-,25-/m1/s1. The molecule has 2 saturated heterocycles. The summed E-state index contributed by atoms with van der Waals surface area (Å²) in [6.45, 7) is 7.86. The number of nitrogens with one attached hydrogen (secondary N) is 1. The van der Waals surface area contributed by atoms with E-state index < -0.39 is 0 Å². The maximum atomic E-state index is 13.7. The average molecular weight is 512 g/mol. The summed E-state index contributed by atoms with van der Waals surface area (Å²) in [5.41, 5.74) is 3.64. The lowest BCUT2D eigenvalue weighted by Gasteiger charge is -2.38. The Morgan fingerprint density at radius 3 is 2.61 bits per heavy atom. The fraction of sp³-hybridized carbons (Fsp3) is 0.607. The summed E-state index contributed by atoms with van der Waals surface area (Å²) in [7, 11) is 0. The highest BCUT2D eigenvalue weighted by Gasteiger charge is 2.31. The van der Waals surface area contributed by atoms with Gasteiger partial charge in [0.2, 0.25) is 5.91 Å². The van der Waals surface area contributed by atoms with Gasteiger partial charge in [-0.25, -0.2) is 9.97 Å². The number of anilines is 1. The van der Waals surface area contributed by atoms with Gasteiger partial charge < -0.3 is 19.9 Å². The van der Waals surface area contributed by atoms with Crippen molar-refractivity contribution in [3.8, 4) is 0 Å². The second-order valence-electron chi connectivity index (χ2n) is 10.5. The van der Waals surface area contributed by atoms with E-state index in [9.17, 15) is 4.79 Å². The van der Waals surface area contributed by atoms with Crippen LogP contribution in [0.5, 0.6) is 0 Å². The third-order valence-corrected chi connectivity index (χ3v) is 8.33. The Bertz CT molecular complexity index is 1020. The Hall–Kier alpha value is -2.22. The Morgan fingerprint density at radius 2 is 1.86 bits per heavy atom. The van der Waals surface area contributed by atoms with Crippen LogP contribution in [-0.2, 0) is 22.4 Å². The quantitative estimate of drug-likeness (QED) is 0.580. The van der Waals surface area contributed by atoms with Crippen LogP contribution >= 0.6 is 11.6 Å². The zero-order valence-corrected chi connectivity index (χ0v) is 22.1. The first-order valence-corrected chi connectivity index (χ1v) is 13.9. The van der Waals surface area contributed by atoms with Crippen molar-refractivity contribution in [2.45, 2.75) is 57.4 Å². The number of fused-ring (bicyclic) bond motifs is 1. The number of aryl methyl sites for hydroxylation is 1. The first-order valence-electron chi connectivity index (χ1n) is 13.5. The van der Waals surface area contributed by atoms with E-state index in [0.29, 0.717) is 31.3 Å². The van der Waals surface area contributed by atoms with Crippen molar-refractivity contribution < 1.29 is 9.53 Å². The van der Waals surface area contributed by atoms with Gasteiger partial charge >= 0.3 is 0 Å². The first-order chi connectivity index (χ1) is 17.6. The van der Waals surface area contributed by atoms with Crippen LogP contribution < -0.4 is 10.2 Å². The molecular weight excluding hydrogens is 474 g/mol. The topological polar surface area (TPSA) is 70.6 Å². The Morgan fingerprint density at radius 1 is 1.11 bits per heavy atom. The molecule has 5 rings (SSSR count). The zero-order chi connectivity index (χ0) is 24.9. The molecule has 0 unspecified atom stereocenters. The summed E-state index contributed by atoms with van der Waals surface area (Å²) in [6.07, 6.45) is 7.87. The predicted octanol–water partition coefficient (Wildman–Crippen LogP) is 3.85. The first kappa shape index (κ1) is 25.4. The van der Waals surface area contributed by atoms with Crippen molar-refractivity contribution in [1.29, 1.82) is 0 Å². The van der Waals surface area contributed by atoms with Gasteiger partial charge in [0, 0.05) is 55.7 Å². The van der Waals surface area contributed by atoms with E-state index in [0.717, 1.165) is 81.4 Å². The van der Waals surface area contributed by atoms with Crippen LogP contribution in [-0.4, -0.2) is 72.8 Å². The molecule has 2 aromatic rings. The molecule has 0 radical (unpaired) electrons. The summed E-state index contributed by atoms with van der Waals surface area (Å²) in [4.78, 5) is 27.3. The van der Waals surface area contributed by atoms with Crippen LogP contribution in [0.1, 0.15) is 55.3 Å². The van der Waals surface area contributed by atoms with E-state index in [1.165, 1.54) is 11.3 Å². The maximum Gasteiger partial charge on any atom is 0.240 e. The number of nitrogens with zero attached hydrogens (tertiary/aromatic N) is 4. The smallest absolute Gasteiger partial charge is 0.240 e. The van der Waals surface area contributed by atoms with Gasteiger partial charge in [0.25, 0.3) is 0 Å². The van der Waals surface area contributed by atoms with Gasteiger partial charge in [-0.2, -0.15) is 0 Å². The molecule has 1 aromatic heterocycles. The molecule has 2 fully saturated rings. The van der Waals surface area contributed by atoms with E-state index in [2.05, 4.69) is 27.1 Å². The van der Waals surface area contributed by atoms with Crippen molar-refractivity contribution >= 4 is 23.3 Å². The number of halogens is 1. The summed E-state index contributed by atoms with van der Waals surface area (Å²) in [6, 6.07) is 7.62. The van der Waals surface area contributed by atoms with Gasteiger partial charge in [-0.15, -0.1) is 0 Å². The molecule has 1 N–H and O–H groups in total. The van der Waals surface area contributed by atoms with Crippen LogP contribution in [0.25, 0.3) is 0 Å². The summed E-state index contributed by atoms with van der Waals surface area (Å²) < 4.78 is 5.50. The van der Waals surface area contributed by atoms with E-state index in [4.69, 9.17) is 16.3 Å². The second-order valence-corrected chi connectivity index (χ2v) is 10.9. The molecule has 7 nitrogen and oxygen atoms in total. The predicted molar refractivity (Wildman–Crippen MR) is 143 cm³/mol. The second kappa shape index (κ2) is 11.9. The highest BCUT2D eigenvalue weighted by molar-refractivity contribution is 6.30. The Labute approximate surface area is 219 Å². The number of carbonyl (C=O) groups excluding carboxylic acids is 1. The molecule has 36 heavy (non-hydrogen) atoms. The van der Waals surface area contributed by atoms with Gasteiger partial charge in [0.1, 0.15) is 12.1 Å². The number of hydrogen-bond acceptors (Lipinski definition) is 6. The molecular formula is C28H38ClN5O2. The molecule has 2 atom stereocenters. The minimum atomic E-state index is -0.235. The van der Waals surface area contributed by atoms with E-state index in [1.54, 1.807) is 6.33 Å². The van der Waals surface area contributed by atoms with Crippen LogP contribution in [0, 0.1) is 5.92 Å². The van der Waals surface area contributed by atoms with Gasteiger partial charge in [-0.3, -0.25) is 4.79 Å². The largest absolute Gasteiger partial charge is 0.381 e. The Balaban J connectivity index is 1.21. The highest BCUT2D eigenvalue weighted by Crippen LogP contribution is 2.37. The Kier molecular flexibility index (Phi) is 8.40. The number of benzene rings is 1. The van der Waals surface area contributed by atoms with Crippen molar-refractivity contribution in [3.05, 3.63) is 52.4 Å². The lowest BCUT2D eigenvalue weighted by atomic mass is 9.96. The number of ether oxygens (including phenoxy) is 1. The lowest BCUT2D eigenvalue weighted by Crippen LogP contribution is -2.55. The number of aromatic nitrogens is 2. The van der Waals surface area contributed by atoms with Crippen LogP contribution in [0.4, 0.5) is 5.82 Å².